The van der Waals surface area contributed by atoms with Crippen molar-refractivity contribution in [2.24, 2.45) is 0 Å². The van der Waals surface area contributed by atoms with E-state index >= 15 is 0 Å². The summed E-state index contributed by atoms with van der Waals surface area (Å²) in [6.45, 7) is 6.04. The number of pyridine rings is 1. The van der Waals surface area contributed by atoms with Crippen LogP contribution in [-0.2, 0) is 0 Å². The highest BCUT2D eigenvalue weighted by Crippen LogP contribution is 2.25. The van der Waals surface area contributed by atoms with Gasteiger partial charge in [-0.15, -0.1) is 0 Å². The zero-order chi connectivity index (χ0) is 18.5. The van der Waals surface area contributed by atoms with Gasteiger partial charge in [0.15, 0.2) is 0 Å². The second kappa shape index (κ2) is 7.91. The van der Waals surface area contributed by atoms with Crippen LogP contribution in [0.5, 0.6) is 0 Å². The second-order valence-electron chi connectivity index (χ2n) is 6.24. The topological polar surface area (TPSA) is 62.7 Å². The molecule has 2 aromatic heterocycles. The molecule has 0 unspecified atom stereocenters. The lowest BCUT2D eigenvalue weighted by molar-refractivity contribution is 0.627. The zero-order valence-corrected chi connectivity index (χ0v) is 15.1. The lowest BCUT2D eigenvalue weighted by Gasteiger charge is -2.15. The van der Waals surface area contributed by atoms with E-state index in [-0.39, 0.29) is 11.9 Å². The van der Waals surface area contributed by atoms with Gasteiger partial charge in [0.2, 0.25) is 5.95 Å². The zero-order valence-electron chi connectivity index (χ0n) is 15.1. The normalized spacial score (nSPS) is 11.8. The Hall–Kier alpha value is -3.02. The van der Waals surface area contributed by atoms with Gasteiger partial charge in [-0.05, 0) is 56.2 Å². The molecule has 1 aromatic carbocycles. The Bertz CT molecular complexity index is 883. The van der Waals surface area contributed by atoms with Gasteiger partial charge >= 0.3 is 0 Å². The van der Waals surface area contributed by atoms with E-state index in [0.29, 0.717) is 11.8 Å². The maximum Gasteiger partial charge on any atom is 0.225 e. The molecular weight excluding hydrogens is 329 g/mol. The van der Waals surface area contributed by atoms with E-state index < -0.39 is 0 Å². The van der Waals surface area contributed by atoms with Crippen LogP contribution in [0.4, 0.5) is 21.8 Å². The van der Waals surface area contributed by atoms with E-state index in [4.69, 9.17) is 0 Å². The summed E-state index contributed by atoms with van der Waals surface area (Å²) < 4.78 is 13.3. The van der Waals surface area contributed by atoms with Gasteiger partial charge < -0.3 is 10.6 Å². The van der Waals surface area contributed by atoms with Gasteiger partial charge in [-0.1, -0.05) is 6.92 Å². The Kier molecular flexibility index (Phi) is 5.41. The van der Waals surface area contributed by atoms with Crippen LogP contribution < -0.4 is 10.6 Å². The van der Waals surface area contributed by atoms with Crippen molar-refractivity contribution in [3.8, 4) is 11.3 Å². The Balaban J connectivity index is 1.98. The highest BCUT2D eigenvalue weighted by Gasteiger charge is 2.10. The van der Waals surface area contributed by atoms with Gasteiger partial charge in [0, 0.05) is 35.8 Å². The van der Waals surface area contributed by atoms with Crippen molar-refractivity contribution in [1.82, 2.24) is 15.0 Å². The first-order valence-electron chi connectivity index (χ1n) is 8.64. The number of rotatable bonds is 6. The van der Waals surface area contributed by atoms with Crippen LogP contribution in [0.1, 0.15) is 25.8 Å². The molecule has 0 radical (unpaired) electrons. The fourth-order valence-electron chi connectivity index (χ4n) is 2.47. The highest BCUT2D eigenvalue weighted by molar-refractivity contribution is 5.68. The molecule has 0 fully saturated rings. The number of benzene rings is 1. The summed E-state index contributed by atoms with van der Waals surface area (Å²) in [6, 6.07) is 10.6. The van der Waals surface area contributed by atoms with Crippen molar-refractivity contribution < 1.29 is 4.39 Å². The quantitative estimate of drug-likeness (QED) is 0.658. The number of aryl methyl sites for hydroxylation is 1. The molecule has 5 nitrogen and oxygen atoms in total. The van der Waals surface area contributed by atoms with Crippen LogP contribution in [0.3, 0.4) is 0 Å². The standard InChI is InChI=1S/C20H22FN5/c1-4-14(3)23-20-25-18(15-7-9-22-10-8-15)12-19(26-20)24-17-6-5-16(21)11-13(17)2/h5-12,14H,4H2,1-3H3,(H2,23,24,25,26)/t14-/m0/s1. The number of hydrogen-bond donors (Lipinski definition) is 2. The maximum atomic E-state index is 13.3. The molecule has 0 aliphatic heterocycles. The fraction of sp³-hybridized carbons (Fsp3) is 0.250. The van der Waals surface area contributed by atoms with Crippen LogP contribution in [0.2, 0.25) is 0 Å². The minimum Gasteiger partial charge on any atom is -0.352 e. The first-order valence-corrected chi connectivity index (χ1v) is 8.64. The largest absolute Gasteiger partial charge is 0.352 e. The summed E-state index contributed by atoms with van der Waals surface area (Å²) in [5.41, 5.74) is 3.36. The Labute approximate surface area is 152 Å². The average Bonchev–Trinajstić information content (AvgIpc) is 2.64. The molecule has 0 aliphatic carbocycles. The lowest BCUT2D eigenvalue weighted by atomic mass is 10.1. The third-order valence-corrected chi connectivity index (χ3v) is 4.14. The maximum absolute atomic E-state index is 13.3. The molecule has 0 aliphatic rings. The predicted octanol–water partition coefficient (Wildman–Crippen LogP) is 4.94. The van der Waals surface area contributed by atoms with Crippen molar-refractivity contribution in [3.63, 3.8) is 0 Å². The minimum absolute atomic E-state index is 0.253. The Morgan fingerprint density at radius 1 is 1.08 bits per heavy atom. The third-order valence-electron chi connectivity index (χ3n) is 4.14. The average molecular weight is 351 g/mol. The molecule has 2 heterocycles. The molecule has 0 amide bonds. The van der Waals surface area contributed by atoms with Crippen molar-refractivity contribution >= 4 is 17.5 Å². The molecule has 1 atom stereocenters. The monoisotopic (exact) mass is 351 g/mol. The third kappa shape index (κ3) is 4.33. The van der Waals surface area contributed by atoms with Crippen LogP contribution >= 0.6 is 0 Å². The van der Waals surface area contributed by atoms with Crippen molar-refractivity contribution in [3.05, 3.63) is 60.2 Å². The molecule has 0 saturated heterocycles. The fourth-order valence-corrected chi connectivity index (χ4v) is 2.47. The molecule has 6 heteroatoms. The first kappa shape index (κ1) is 17.8. The SMILES string of the molecule is CC[C@H](C)Nc1nc(Nc2ccc(F)cc2C)cc(-c2ccncc2)n1. The van der Waals surface area contributed by atoms with E-state index in [0.717, 1.165) is 28.9 Å². The van der Waals surface area contributed by atoms with Crippen molar-refractivity contribution in [2.45, 2.75) is 33.2 Å². The summed E-state index contributed by atoms with van der Waals surface area (Å²) in [6.07, 6.45) is 4.43. The lowest BCUT2D eigenvalue weighted by Crippen LogP contribution is -2.16. The summed E-state index contributed by atoms with van der Waals surface area (Å²) >= 11 is 0. The van der Waals surface area contributed by atoms with Crippen molar-refractivity contribution in [2.75, 3.05) is 10.6 Å². The van der Waals surface area contributed by atoms with Crippen LogP contribution in [0.25, 0.3) is 11.3 Å². The van der Waals surface area contributed by atoms with E-state index in [1.54, 1.807) is 18.5 Å². The van der Waals surface area contributed by atoms with Gasteiger partial charge in [0.05, 0.1) is 5.69 Å². The smallest absolute Gasteiger partial charge is 0.225 e. The summed E-state index contributed by atoms with van der Waals surface area (Å²) in [5.74, 6) is 0.940. The predicted molar refractivity (Wildman–Crippen MR) is 103 cm³/mol. The van der Waals surface area contributed by atoms with Gasteiger partial charge in [-0.2, -0.15) is 4.98 Å². The molecule has 3 rings (SSSR count). The number of hydrogen-bond acceptors (Lipinski definition) is 5. The molecule has 134 valence electrons. The number of aromatic nitrogens is 3. The number of anilines is 3. The summed E-state index contributed by atoms with van der Waals surface area (Å²) in [4.78, 5) is 13.2. The number of halogens is 1. The highest BCUT2D eigenvalue weighted by atomic mass is 19.1. The molecule has 0 saturated carbocycles. The van der Waals surface area contributed by atoms with E-state index in [1.807, 2.05) is 25.1 Å². The molecule has 3 aromatic rings. The number of nitrogens with one attached hydrogen (secondary N) is 2. The van der Waals surface area contributed by atoms with E-state index in [1.165, 1.54) is 12.1 Å². The van der Waals surface area contributed by atoms with Crippen LogP contribution in [0, 0.1) is 12.7 Å². The molecular formula is C20H22FN5. The summed E-state index contributed by atoms with van der Waals surface area (Å²) in [7, 11) is 0. The van der Waals surface area contributed by atoms with Gasteiger partial charge in [-0.3, -0.25) is 4.98 Å². The molecule has 2 N–H and O–H groups in total. The Morgan fingerprint density at radius 2 is 1.85 bits per heavy atom. The van der Waals surface area contributed by atoms with Crippen LogP contribution in [-0.4, -0.2) is 21.0 Å². The van der Waals surface area contributed by atoms with E-state index in [2.05, 4.69) is 39.4 Å². The van der Waals surface area contributed by atoms with Gasteiger partial charge in [0.25, 0.3) is 0 Å². The van der Waals surface area contributed by atoms with Crippen molar-refractivity contribution in [1.29, 1.82) is 0 Å². The number of nitrogens with zero attached hydrogens (tertiary/aromatic N) is 3. The summed E-state index contributed by atoms with van der Waals surface area (Å²) in [5, 5.41) is 6.58. The first-order chi connectivity index (χ1) is 12.5. The van der Waals surface area contributed by atoms with Gasteiger partial charge in [0.1, 0.15) is 11.6 Å². The molecule has 26 heavy (non-hydrogen) atoms. The Morgan fingerprint density at radius 3 is 2.54 bits per heavy atom. The molecule has 0 bridgehead atoms. The van der Waals surface area contributed by atoms with E-state index in [9.17, 15) is 4.39 Å². The second-order valence-corrected chi connectivity index (χ2v) is 6.24. The minimum atomic E-state index is -0.257. The molecule has 0 spiro atoms. The van der Waals surface area contributed by atoms with Crippen LogP contribution in [0.15, 0.2) is 48.8 Å². The van der Waals surface area contributed by atoms with Gasteiger partial charge in [-0.25, -0.2) is 9.37 Å².